The van der Waals surface area contributed by atoms with Gasteiger partial charge in [-0.25, -0.2) is 0 Å². The molecule has 3 rings (SSSR count). The van der Waals surface area contributed by atoms with Crippen LogP contribution in [-0.2, 0) is 19.5 Å². The quantitative estimate of drug-likeness (QED) is 0.671. The van der Waals surface area contributed by atoms with E-state index in [4.69, 9.17) is 0 Å². The summed E-state index contributed by atoms with van der Waals surface area (Å²) in [6.07, 6.45) is 2.13. The molecule has 110 valence electrons. The average Bonchev–Trinajstić information content (AvgIpc) is 3.08. The van der Waals surface area contributed by atoms with Crippen LogP contribution in [0.2, 0.25) is 0 Å². The van der Waals surface area contributed by atoms with Crippen molar-refractivity contribution in [2.75, 3.05) is 0 Å². The van der Waals surface area contributed by atoms with Crippen LogP contribution in [0.3, 0.4) is 0 Å². The molecule has 1 unspecified atom stereocenters. The second-order valence-corrected chi connectivity index (χ2v) is 5.26. The Morgan fingerprint density at radius 1 is 1.38 bits per heavy atom. The Morgan fingerprint density at radius 2 is 2.14 bits per heavy atom. The first-order valence-corrected chi connectivity index (χ1v) is 7.04. The van der Waals surface area contributed by atoms with E-state index in [1.807, 2.05) is 0 Å². The van der Waals surface area contributed by atoms with Gasteiger partial charge in [-0.1, -0.05) is 12.1 Å². The molecule has 0 aliphatic carbocycles. The Labute approximate surface area is 122 Å². The van der Waals surface area contributed by atoms with E-state index in [1.54, 1.807) is 12.1 Å². The van der Waals surface area contributed by atoms with Crippen molar-refractivity contribution in [2.45, 2.75) is 38.9 Å². The normalized spacial score (nSPS) is 14.9. The summed E-state index contributed by atoms with van der Waals surface area (Å²) in [4.78, 5) is 10.2. The number of nitrogens with one attached hydrogen (secondary N) is 1. The van der Waals surface area contributed by atoms with Gasteiger partial charge in [0.2, 0.25) is 0 Å². The fourth-order valence-corrected chi connectivity index (χ4v) is 2.59. The molecule has 0 spiro atoms. The highest BCUT2D eigenvalue weighted by Crippen LogP contribution is 2.19. The second-order valence-electron chi connectivity index (χ2n) is 5.26. The number of nitro groups is 1. The molecule has 2 heterocycles. The summed E-state index contributed by atoms with van der Waals surface area (Å²) >= 11 is 0. The predicted molar refractivity (Wildman–Crippen MR) is 76.7 cm³/mol. The van der Waals surface area contributed by atoms with E-state index in [2.05, 4.69) is 27.0 Å². The van der Waals surface area contributed by atoms with Gasteiger partial charge < -0.3 is 9.88 Å². The summed E-state index contributed by atoms with van der Waals surface area (Å²) in [5.74, 6) is 2.03. The topological polar surface area (TPSA) is 85.9 Å². The van der Waals surface area contributed by atoms with Gasteiger partial charge in [-0.2, -0.15) is 0 Å². The van der Waals surface area contributed by atoms with Gasteiger partial charge in [0.05, 0.1) is 11.0 Å². The van der Waals surface area contributed by atoms with Gasteiger partial charge >= 0.3 is 0 Å². The fourth-order valence-electron chi connectivity index (χ4n) is 2.59. The highest BCUT2D eigenvalue weighted by atomic mass is 16.6. The number of non-ortho nitro benzene ring substituents is 1. The number of aryl methyl sites for hydroxylation is 1. The lowest BCUT2D eigenvalue weighted by Crippen LogP contribution is -2.21. The summed E-state index contributed by atoms with van der Waals surface area (Å²) < 4.78 is 2.17. The highest BCUT2D eigenvalue weighted by Gasteiger charge is 2.20. The zero-order valence-corrected chi connectivity index (χ0v) is 11.8. The maximum Gasteiger partial charge on any atom is 0.269 e. The molecule has 0 bridgehead atoms. The minimum atomic E-state index is -0.390. The average molecular weight is 287 g/mol. The van der Waals surface area contributed by atoms with E-state index in [0.717, 1.165) is 36.6 Å². The molecule has 1 aromatic heterocycles. The van der Waals surface area contributed by atoms with Crippen LogP contribution in [0.4, 0.5) is 5.69 Å². The van der Waals surface area contributed by atoms with Crippen LogP contribution in [0, 0.1) is 10.1 Å². The molecule has 7 nitrogen and oxygen atoms in total. The van der Waals surface area contributed by atoms with Crippen molar-refractivity contribution in [1.29, 1.82) is 0 Å². The van der Waals surface area contributed by atoms with Gasteiger partial charge in [-0.15, -0.1) is 10.2 Å². The van der Waals surface area contributed by atoms with E-state index in [0.29, 0.717) is 6.54 Å². The van der Waals surface area contributed by atoms with Gasteiger partial charge in [0, 0.05) is 31.6 Å². The number of hydrogen-bond acceptors (Lipinski definition) is 5. The molecule has 0 saturated heterocycles. The maximum atomic E-state index is 10.6. The first-order chi connectivity index (χ1) is 10.1. The van der Waals surface area contributed by atoms with Crippen molar-refractivity contribution >= 4 is 5.69 Å². The molecular weight excluding hydrogens is 270 g/mol. The molecule has 1 aliphatic heterocycles. The lowest BCUT2D eigenvalue weighted by molar-refractivity contribution is -0.384. The molecule has 1 aliphatic rings. The molecule has 0 amide bonds. The Kier molecular flexibility index (Phi) is 3.66. The molecule has 0 saturated carbocycles. The summed E-state index contributed by atoms with van der Waals surface area (Å²) in [6, 6.07) is 6.69. The molecular formula is C14H17N5O2. The number of nitrogens with zero attached hydrogens (tertiary/aromatic N) is 4. The van der Waals surface area contributed by atoms with Crippen LogP contribution in [0.25, 0.3) is 0 Å². The third kappa shape index (κ3) is 2.78. The summed E-state index contributed by atoms with van der Waals surface area (Å²) in [6.45, 7) is 3.68. The van der Waals surface area contributed by atoms with Gasteiger partial charge in [0.15, 0.2) is 0 Å². The van der Waals surface area contributed by atoms with E-state index in [1.165, 1.54) is 12.1 Å². The van der Waals surface area contributed by atoms with Gasteiger partial charge in [-0.05, 0) is 18.9 Å². The second kappa shape index (κ2) is 5.61. The third-order valence-electron chi connectivity index (χ3n) is 3.78. The van der Waals surface area contributed by atoms with Crippen molar-refractivity contribution in [3.8, 4) is 0 Å². The maximum absolute atomic E-state index is 10.6. The highest BCUT2D eigenvalue weighted by molar-refractivity contribution is 5.32. The zero-order valence-electron chi connectivity index (χ0n) is 11.8. The Morgan fingerprint density at radius 3 is 2.86 bits per heavy atom. The standard InChI is InChI=1S/C14H17N5O2/c1-10(14-17-16-13-3-2-8-18(13)14)15-9-11-4-6-12(7-5-11)19(20)21/h4-7,10,15H,2-3,8-9H2,1H3. The van der Waals surface area contributed by atoms with Crippen molar-refractivity contribution in [1.82, 2.24) is 20.1 Å². The van der Waals surface area contributed by atoms with Crippen LogP contribution in [0.1, 0.15) is 36.6 Å². The van der Waals surface area contributed by atoms with Crippen molar-refractivity contribution in [3.05, 3.63) is 51.6 Å². The lowest BCUT2D eigenvalue weighted by Gasteiger charge is -2.13. The molecule has 2 aromatic rings. The van der Waals surface area contributed by atoms with Crippen LogP contribution in [-0.4, -0.2) is 19.7 Å². The minimum absolute atomic E-state index is 0.0968. The monoisotopic (exact) mass is 287 g/mol. The lowest BCUT2D eigenvalue weighted by atomic mass is 10.2. The van der Waals surface area contributed by atoms with Crippen molar-refractivity contribution in [2.24, 2.45) is 0 Å². The van der Waals surface area contributed by atoms with Crippen LogP contribution >= 0.6 is 0 Å². The number of rotatable bonds is 5. The first kappa shape index (κ1) is 13.7. The SMILES string of the molecule is CC(NCc1ccc([N+](=O)[O-])cc1)c1nnc2n1CCC2. The van der Waals surface area contributed by atoms with Crippen LogP contribution in [0.15, 0.2) is 24.3 Å². The molecule has 21 heavy (non-hydrogen) atoms. The molecule has 1 N–H and O–H groups in total. The first-order valence-electron chi connectivity index (χ1n) is 7.04. The summed E-state index contributed by atoms with van der Waals surface area (Å²) in [7, 11) is 0. The van der Waals surface area contributed by atoms with Gasteiger partial charge in [0.25, 0.3) is 5.69 Å². The summed E-state index contributed by atoms with van der Waals surface area (Å²) in [5.41, 5.74) is 1.12. The molecule has 0 fully saturated rings. The largest absolute Gasteiger partial charge is 0.314 e. The van der Waals surface area contributed by atoms with E-state index < -0.39 is 0 Å². The third-order valence-corrected chi connectivity index (χ3v) is 3.78. The molecule has 7 heteroatoms. The van der Waals surface area contributed by atoms with Gasteiger partial charge in [0.1, 0.15) is 11.6 Å². The number of hydrogen-bond donors (Lipinski definition) is 1. The molecule has 0 radical (unpaired) electrons. The number of aromatic nitrogens is 3. The van der Waals surface area contributed by atoms with Crippen molar-refractivity contribution in [3.63, 3.8) is 0 Å². The smallest absolute Gasteiger partial charge is 0.269 e. The number of benzene rings is 1. The van der Waals surface area contributed by atoms with E-state index >= 15 is 0 Å². The Bertz CT molecular complexity index is 650. The zero-order chi connectivity index (χ0) is 14.8. The van der Waals surface area contributed by atoms with E-state index in [-0.39, 0.29) is 16.7 Å². The van der Waals surface area contributed by atoms with Crippen LogP contribution in [0.5, 0.6) is 0 Å². The Balaban J connectivity index is 1.63. The van der Waals surface area contributed by atoms with Crippen molar-refractivity contribution < 1.29 is 4.92 Å². The summed E-state index contributed by atoms with van der Waals surface area (Å²) in [5, 5.41) is 22.5. The number of fused-ring (bicyclic) bond motifs is 1. The predicted octanol–water partition coefficient (Wildman–Crippen LogP) is 1.98. The van der Waals surface area contributed by atoms with Crippen LogP contribution < -0.4 is 5.32 Å². The Hall–Kier alpha value is -2.28. The number of nitro benzene ring substituents is 1. The molecule has 1 aromatic carbocycles. The minimum Gasteiger partial charge on any atom is -0.314 e. The van der Waals surface area contributed by atoms with Gasteiger partial charge in [-0.3, -0.25) is 10.1 Å². The fraction of sp³-hybridized carbons (Fsp3) is 0.429. The molecule has 1 atom stereocenters. The van der Waals surface area contributed by atoms with E-state index in [9.17, 15) is 10.1 Å².